The minimum atomic E-state index is -0.625. The molecule has 6 nitrogen and oxygen atoms in total. The Kier molecular flexibility index (Phi) is 3.69. The number of hydrogen-bond acceptors (Lipinski definition) is 6. The number of carbonyl (C=O) groups excluding carboxylic acids is 1. The summed E-state index contributed by atoms with van der Waals surface area (Å²) in [6.07, 6.45) is 2.18. The number of rotatable bonds is 4. The monoisotopic (exact) mass is 266 g/mol. The molecule has 1 aliphatic rings. The number of nitriles is 1. The van der Waals surface area contributed by atoms with E-state index in [0.29, 0.717) is 16.4 Å². The average molecular weight is 266 g/mol. The van der Waals surface area contributed by atoms with Gasteiger partial charge in [-0.25, -0.2) is 0 Å². The highest BCUT2D eigenvalue weighted by Crippen LogP contribution is 2.35. The smallest absolute Gasteiger partial charge is 0.253 e. The lowest BCUT2D eigenvalue weighted by Crippen LogP contribution is -2.20. The highest BCUT2D eigenvalue weighted by atomic mass is 32.1. The van der Waals surface area contributed by atoms with Crippen molar-refractivity contribution in [3.8, 4) is 6.07 Å². The highest BCUT2D eigenvalue weighted by molar-refractivity contribution is 7.17. The van der Waals surface area contributed by atoms with Crippen LogP contribution in [0.3, 0.4) is 0 Å². The molecular weight excluding hydrogens is 252 g/mol. The lowest BCUT2D eigenvalue weighted by molar-refractivity contribution is 0.100. The number of hydrogen-bond donors (Lipinski definition) is 3. The maximum atomic E-state index is 11.3. The minimum Gasteiger partial charge on any atom is -0.396 e. The Morgan fingerprint density at radius 3 is 3.00 bits per heavy atom. The van der Waals surface area contributed by atoms with E-state index in [4.69, 9.17) is 21.5 Å². The van der Waals surface area contributed by atoms with E-state index in [1.165, 1.54) is 0 Å². The van der Waals surface area contributed by atoms with Crippen molar-refractivity contribution in [2.45, 2.75) is 18.9 Å². The van der Waals surface area contributed by atoms with Gasteiger partial charge in [0.25, 0.3) is 5.91 Å². The summed E-state index contributed by atoms with van der Waals surface area (Å²) in [6.45, 7) is 1.36. The van der Waals surface area contributed by atoms with Gasteiger partial charge in [-0.15, -0.1) is 11.3 Å². The molecule has 1 fully saturated rings. The Labute approximate surface area is 109 Å². The largest absolute Gasteiger partial charge is 0.396 e. The number of nitrogens with one attached hydrogen (secondary N) is 1. The lowest BCUT2D eigenvalue weighted by Gasteiger charge is -2.11. The normalized spacial score (nSPS) is 18.5. The number of nitrogen functional groups attached to an aromatic ring is 1. The number of nitrogens with two attached hydrogens (primary N) is 2. The van der Waals surface area contributed by atoms with E-state index < -0.39 is 5.91 Å². The zero-order chi connectivity index (χ0) is 13.1. The second-order valence-corrected chi connectivity index (χ2v) is 5.06. The van der Waals surface area contributed by atoms with Crippen molar-refractivity contribution >= 4 is 27.9 Å². The summed E-state index contributed by atoms with van der Waals surface area (Å²) in [6, 6.07) is 1.95. The van der Waals surface area contributed by atoms with E-state index in [9.17, 15) is 4.79 Å². The fraction of sp³-hybridized carbons (Fsp3) is 0.455. The fourth-order valence-electron chi connectivity index (χ4n) is 1.91. The second-order valence-electron chi connectivity index (χ2n) is 4.04. The van der Waals surface area contributed by atoms with E-state index >= 15 is 0 Å². The van der Waals surface area contributed by atoms with Gasteiger partial charge < -0.3 is 21.5 Å². The summed E-state index contributed by atoms with van der Waals surface area (Å²) in [5, 5.41) is 12.5. The van der Waals surface area contributed by atoms with Crippen LogP contribution in [0.4, 0.5) is 10.7 Å². The van der Waals surface area contributed by atoms with E-state index in [-0.39, 0.29) is 17.4 Å². The Morgan fingerprint density at radius 2 is 2.44 bits per heavy atom. The molecule has 1 aromatic rings. The Hall–Kier alpha value is -1.78. The zero-order valence-corrected chi connectivity index (χ0v) is 10.5. The van der Waals surface area contributed by atoms with Crippen molar-refractivity contribution in [1.29, 1.82) is 5.26 Å². The van der Waals surface area contributed by atoms with Gasteiger partial charge in [-0.2, -0.15) is 5.26 Å². The predicted molar refractivity (Wildman–Crippen MR) is 69.4 cm³/mol. The summed E-state index contributed by atoms with van der Waals surface area (Å²) in [5.41, 5.74) is 11.3. The number of carbonyl (C=O) groups is 1. The van der Waals surface area contributed by atoms with Gasteiger partial charge >= 0.3 is 0 Å². The van der Waals surface area contributed by atoms with Crippen LogP contribution in [0.15, 0.2) is 0 Å². The topological polar surface area (TPSA) is 114 Å². The Morgan fingerprint density at radius 1 is 1.67 bits per heavy atom. The maximum Gasteiger partial charge on any atom is 0.253 e. The Balaban J connectivity index is 2.16. The van der Waals surface area contributed by atoms with Crippen LogP contribution in [0.1, 0.15) is 28.1 Å². The first-order valence-corrected chi connectivity index (χ1v) is 6.42. The van der Waals surface area contributed by atoms with Crippen molar-refractivity contribution in [3.05, 3.63) is 10.4 Å². The summed E-state index contributed by atoms with van der Waals surface area (Å²) in [4.78, 5) is 11.6. The van der Waals surface area contributed by atoms with Crippen LogP contribution in [0.5, 0.6) is 0 Å². The molecule has 0 saturated carbocycles. The number of nitrogens with zero attached hydrogens (tertiary/aromatic N) is 1. The third kappa shape index (κ3) is 2.39. The molecular formula is C11H14N4O2S. The van der Waals surface area contributed by atoms with Gasteiger partial charge in [-0.1, -0.05) is 0 Å². The van der Waals surface area contributed by atoms with Gasteiger partial charge in [0.15, 0.2) is 0 Å². The minimum absolute atomic E-state index is 0.139. The van der Waals surface area contributed by atoms with Crippen LogP contribution in [0.2, 0.25) is 0 Å². The molecule has 1 aromatic heterocycles. The third-order valence-electron chi connectivity index (χ3n) is 2.81. The van der Waals surface area contributed by atoms with Crippen molar-refractivity contribution in [3.63, 3.8) is 0 Å². The summed E-state index contributed by atoms with van der Waals surface area (Å²) >= 11 is 1.14. The highest BCUT2D eigenvalue weighted by Gasteiger charge is 2.22. The predicted octanol–water partition coefficient (Wildman–Crippen LogP) is 0.892. The average Bonchev–Trinajstić information content (AvgIpc) is 2.93. The molecule has 2 rings (SSSR count). The molecule has 0 radical (unpaired) electrons. The standard InChI is InChI=1S/C11H14N4O2S/c12-4-7-9(13)8(10(14)16)11(18-7)15-5-6-2-1-3-17-6/h6,15H,1-3,5,13H2,(H2,14,16). The molecule has 0 bridgehead atoms. The molecule has 1 amide bonds. The summed E-state index contributed by atoms with van der Waals surface area (Å²) in [5.74, 6) is -0.625. The van der Waals surface area contributed by atoms with Crippen LogP contribution in [0, 0.1) is 11.3 Å². The molecule has 0 aromatic carbocycles. The van der Waals surface area contributed by atoms with Crippen molar-refractivity contribution in [2.24, 2.45) is 5.73 Å². The van der Waals surface area contributed by atoms with Crippen LogP contribution < -0.4 is 16.8 Å². The number of thiophene rings is 1. The van der Waals surface area contributed by atoms with Gasteiger partial charge in [0.1, 0.15) is 15.9 Å². The number of primary amides is 1. The fourth-order valence-corrected chi connectivity index (χ4v) is 2.84. The van der Waals surface area contributed by atoms with E-state index in [2.05, 4.69) is 5.32 Å². The third-order valence-corrected chi connectivity index (χ3v) is 3.88. The molecule has 96 valence electrons. The lowest BCUT2D eigenvalue weighted by atomic mass is 10.2. The summed E-state index contributed by atoms with van der Waals surface area (Å²) in [7, 11) is 0. The molecule has 0 spiro atoms. The van der Waals surface area contributed by atoms with Gasteiger partial charge in [-0.05, 0) is 12.8 Å². The van der Waals surface area contributed by atoms with Gasteiger partial charge in [0, 0.05) is 13.2 Å². The molecule has 1 atom stereocenters. The van der Waals surface area contributed by atoms with Crippen molar-refractivity contribution in [2.75, 3.05) is 24.2 Å². The quantitative estimate of drug-likeness (QED) is 0.748. The SMILES string of the molecule is N#Cc1sc(NCC2CCCO2)c(C(N)=O)c1N. The molecule has 1 unspecified atom stereocenters. The van der Waals surface area contributed by atoms with Gasteiger partial charge in [0.2, 0.25) is 0 Å². The van der Waals surface area contributed by atoms with Gasteiger partial charge in [0.05, 0.1) is 17.4 Å². The first kappa shape index (κ1) is 12.7. The van der Waals surface area contributed by atoms with Crippen LogP contribution in [-0.2, 0) is 4.74 Å². The molecule has 0 aliphatic carbocycles. The van der Waals surface area contributed by atoms with Gasteiger partial charge in [-0.3, -0.25) is 4.79 Å². The van der Waals surface area contributed by atoms with E-state index in [1.54, 1.807) is 0 Å². The van der Waals surface area contributed by atoms with Crippen LogP contribution in [-0.4, -0.2) is 25.2 Å². The first-order chi connectivity index (χ1) is 8.63. The maximum absolute atomic E-state index is 11.3. The molecule has 7 heteroatoms. The van der Waals surface area contributed by atoms with Crippen molar-refractivity contribution < 1.29 is 9.53 Å². The van der Waals surface area contributed by atoms with Crippen molar-refractivity contribution in [1.82, 2.24) is 0 Å². The number of anilines is 2. The van der Waals surface area contributed by atoms with Crippen LogP contribution >= 0.6 is 11.3 Å². The van der Waals surface area contributed by atoms with E-state index in [0.717, 1.165) is 30.8 Å². The zero-order valence-electron chi connectivity index (χ0n) is 9.73. The Bertz CT molecular complexity index is 500. The number of amides is 1. The van der Waals surface area contributed by atoms with E-state index in [1.807, 2.05) is 6.07 Å². The first-order valence-electron chi connectivity index (χ1n) is 5.61. The second kappa shape index (κ2) is 5.25. The molecule has 1 saturated heterocycles. The molecule has 1 aliphatic heterocycles. The number of ether oxygens (including phenoxy) is 1. The summed E-state index contributed by atoms with van der Waals surface area (Å²) < 4.78 is 5.47. The molecule has 2 heterocycles. The van der Waals surface area contributed by atoms with Crippen LogP contribution in [0.25, 0.3) is 0 Å². The molecule has 18 heavy (non-hydrogen) atoms. The molecule has 5 N–H and O–H groups in total.